The highest BCUT2D eigenvalue weighted by molar-refractivity contribution is 5.75. The van der Waals surface area contributed by atoms with Crippen LogP contribution < -0.4 is 0 Å². The van der Waals surface area contributed by atoms with Crippen molar-refractivity contribution in [2.24, 2.45) is 0 Å². The van der Waals surface area contributed by atoms with E-state index in [4.69, 9.17) is 0 Å². The number of hydrogen-bond donors (Lipinski definition) is 0. The van der Waals surface area contributed by atoms with E-state index in [2.05, 4.69) is 4.98 Å². The van der Waals surface area contributed by atoms with E-state index in [9.17, 15) is 4.79 Å². The van der Waals surface area contributed by atoms with Gasteiger partial charge in [-0.15, -0.1) is 0 Å². The van der Waals surface area contributed by atoms with Crippen LogP contribution in [0.3, 0.4) is 0 Å². The molecule has 1 heterocycles. The molecule has 0 aromatic carbocycles. The van der Waals surface area contributed by atoms with Crippen molar-refractivity contribution in [3.63, 3.8) is 0 Å². The van der Waals surface area contributed by atoms with Crippen LogP contribution in [0, 0.1) is 0 Å². The van der Waals surface area contributed by atoms with Crippen LogP contribution in [-0.4, -0.2) is 33.4 Å². The summed E-state index contributed by atoms with van der Waals surface area (Å²) in [5, 5.41) is 0. The van der Waals surface area contributed by atoms with Crippen molar-refractivity contribution >= 4 is 5.91 Å². The molecular weight excluding hydrogens is 178 g/mol. The monoisotopic (exact) mass is 195 g/mol. The number of imidazole rings is 1. The van der Waals surface area contributed by atoms with Crippen molar-refractivity contribution in [1.82, 2.24) is 14.5 Å². The van der Waals surface area contributed by atoms with E-state index in [1.807, 2.05) is 29.5 Å². The first-order valence-electron chi connectivity index (χ1n) is 5.01. The minimum atomic E-state index is 0.212. The SMILES string of the molecule is CCN(CC)C(=O)CCn1ccnc1. The summed E-state index contributed by atoms with van der Waals surface area (Å²) in [7, 11) is 0. The molecule has 0 fully saturated rings. The molecule has 0 atom stereocenters. The highest BCUT2D eigenvalue weighted by Crippen LogP contribution is 1.97. The molecule has 1 aromatic rings. The summed E-state index contributed by atoms with van der Waals surface area (Å²) < 4.78 is 1.92. The molecule has 78 valence electrons. The zero-order valence-electron chi connectivity index (χ0n) is 8.81. The first-order chi connectivity index (χ1) is 6.77. The number of amides is 1. The molecular formula is C10H17N3O. The summed E-state index contributed by atoms with van der Waals surface area (Å²) in [4.78, 5) is 17.4. The average molecular weight is 195 g/mol. The van der Waals surface area contributed by atoms with Gasteiger partial charge in [0.25, 0.3) is 0 Å². The van der Waals surface area contributed by atoms with Gasteiger partial charge in [-0.05, 0) is 13.8 Å². The van der Waals surface area contributed by atoms with E-state index in [1.54, 1.807) is 12.5 Å². The lowest BCUT2D eigenvalue weighted by atomic mass is 10.3. The van der Waals surface area contributed by atoms with Crippen LogP contribution in [0.25, 0.3) is 0 Å². The Balaban J connectivity index is 2.34. The maximum Gasteiger partial charge on any atom is 0.224 e. The van der Waals surface area contributed by atoms with Gasteiger partial charge >= 0.3 is 0 Å². The topological polar surface area (TPSA) is 38.1 Å². The zero-order valence-corrected chi connectivity index (χ0v) is 8.81. The largest absolute Gasteiger partial charge is 0.343 e. The molecule has 0 spiro atoms. The van der Waals surface area contributed by atoms with Crippen molar-refractivity contribution in [3.05, 3.63) is 18.7 Å². The predicted octanol–water partition coefficient (Wildman–Crippen LogP) is 1.14. The number of aromatic nitrogens is 2. The van der Waals surface area contributed by atoms with Crippen molar-refractivity contribution in [3.8, 4) is 0 Å². The fourth-order valence-electron chi connectivity index (χ4n) is 1.38. The third kappa shape index (κ3) is 2.87. The molecule has 4 nitrogen and oxygen atoms in total. The molecule has 14 heavy (non-hydrogen) atoms. The lowest BCUT2D eigenvalue weighted by molar-refractivity contribution is -0.131. The van der Waals surface area contributed by atoms with E-state index in [1.165, 1.54) is 0 Å². The molecule has 1 aromatic heterocycles. The molecule has 1 amide bonds. The van der Waals surface area contributed by atoms with Gasteiger partial charge in [-0.25, -0.2) is 4.98 Å². The van der Waals surface area contributed by atoms with E-state index in [-0.39, 0.29) is 5.91 Å². The van der Waals surface area contributed by atoms with E-state index >= 15 is 0 Å². The summed E-state index contributed by atoms with van der Waals surface area (Å²) >= 11 is 0. The number of carbonyl (C=O) groups is 1. The van der Waals surface area contributed by atoms with E-state index in [0.29, 0.717) is 6.42 Å². The predicted molar refractivity (Wildman–Crippen MR) is 54.8 cm³/mol. The maximum atomic E-state index is 11.6. The van der Waals surface area contributed by atoms with Crippen LogP contribution in [0.2, 0.25) is 0 Å². The quantitative estimate of drug-likeness (QED) is 0.706. The minimum absolute atomic E-state index is 0.212. The summed E-state index contributed by atoms with van der Waals surface area (Å²) in [6.45, 7) is 6.30. The number of hydrogen-bond acceptors (Lipinski definition) is 2. The molecule has 0 radical (unpaired) electrons. The Kier molecular flexibility index (Phi) is 4.16. The Bertz CT molecular complexity index is 265. The molecule has 0 saturated carbocycles. The number of nitrogens with zero attached hydrogens (tertiary/aromatic N) is 3. The Morgan fingerprint density at radius 1 is 1.43 bits per heavy atom. The van der Waals surface area contributed by atoms with Gasteiger partial charge < -0.3 is 9.47 Å². The highest BCUT2D eigenvalue weighted by atomic mass is 16.2. The minimum Gasteiger partial charge on any atom is -0.343 e. The molecule has 0 N–H and O–H groups in total. The van der Waals surface area contributed by atoms with Crippen LogP contribution in [0.1, 0.15) is 20.3 Å². The normalized spacial score (nSPS) is 10.1. The van der Waals surface area contributed by atoms with E-state index < -0.39 is 0 Å². The van der Waals surface area contributed by atoms with Crippen LogP contribution in [0.15, 0.2) is 18.7 Å². The standard InChI is InChI=1S/C10H17N3O/c1-3-13(4-2)10(14)5-7-12-8-6-11-9-12/h6,8-9H,3-5,7H2,1-2H3. The first-order valence-corrected chi connectivity index (χ1v) is 5.01. The third-order valence-electron chi connectivity index (χ3n) is 2.26. The molecule has 0 bridgehead atoms. The van der Waals surface area contributed by atoms with Crippen molar-refractivity contribution in [2.75, 3.05) is 13.1 Å². The smallest absolute Gasteiger partial charge is 0.224 e. The second-order valence-corrected chi connectivity index (χ2v) is 3.12. The highest BCUT2D eigenvalue weighted by Gasteiger charge is 2.08. The Hall–Kier alpha value is -1.32. The lowest BCUT2D eigenvalue weighted by Gasteiger charge is -2.18. The van der Waals surface area contributed by atoms with Crippen molar-refractivity contribution in [2.45, 2.75) is 26.8 Å². The van der Waals surface area contributed by atoms with Crippen molar-refractivity contribution < 1.29 is 4.79 Å². The van der Waals surface area contributed by atoms with Crippen LogP contribution in [0.4, 0.5) is 0 Å². The van der Waals surface area contributed by atoms with Gasteiger partial charge in [-0.2, -0.15) is 0 Å². The van der Waals surface area contributed by atoms with Gasteiger partial charge in [0.2, 0.25) is 5.91 Å². The van der Waals surface area contributed by atoms with Gasteiger partial charge in [0, 0.05) is 38.4 Å². The summed E-state index contributed by atoms with van der Waals surface area (Å²) in [6, 6.07) is 0. The van der Waals surface area contributed by atoms with Crippen LogP contribution >= 0.6 is 0 Å². The molecule has 4 heteroatoms. The second-order valence-electron chi connectivity index (χ2n) is 3.12. The van der Waals surface area contributed by atoms with E-state index in [0.717, 1.165) is 19.6 Å². The molecule has 0 unspecified atom stereocenters. The van der Waals surface area contributed by atoms with Gasteiger partial charge in [0.05, 0.1) is 6.33 Å². The van der Waals surface area contributed by atoms with Crippen LogP contribution in [-0.2, 0) is 11.3 Å². The van der Waals surface area contributed by atoms with Crippen molar-refractivity contribution in [1.29, 1.82) is 0 Å². The second kappa shape index (κ2) is 5.42. The van der Waals surface area contributed by atoms with Gasteiger partial charge in [0.15, 0.2) is 0 Å². The Morgan fingerprint density at radius 2 is 2.14 bits per heavy atom. The Labute approximate surface area is 84.5 Å². The molecule has 0 saturated heterocycles. The first kappa shape index (κ1) is 10.8. The van der Waals surface area contributed by atoms with Gasteiger partial charge in [-0.3, -0.25) is 4.79 Å². The number of aryl methyl sites for hydroxylation is 1. The number of rotatable bonds is 5. The number of carbonyl (C=O) groups excluding carboxylic acids is 1. The summed E-state index contributed by atoms with van der Waals surface area (Å²) in [5.41, 5.74) is 0. The zero-order chi connectivity index (χ0) is 10.4. The Morgan fingerprint density at radius 3 is 2.64 bits per heavy atom. The fourth-order valence-corrected chi connectivity index (χ4v) is 1.38. The van der Waals surface area contributed by atoms with Crippen LogP contribution in [0.5, 0.6) is 0 Å². The lowest BCUT2D eigenvalue weighted by Crippen LogP contribution is -2.30. The van der Waals surface area contributed by atoms with Gasteiger partial charge in [0.1, 0.15) is 0 Å². The van der Waals surface area contributed by atoms with Gasteiger partial charge in [-0.1, -0.05) is 0 Å². The molecule has 0 aliphatic heterocycles. The average Bonchev–Trinajstić information content (AvgIpc) is 2.69. The third-order valence-corrected chi connectivity index (χ3v) is 2.26. The summed E-state index contributed by atoms with van der Waals surface area (Å²) in [6.07, 6.45) is 5.88. The molecule has 0 aliphatic carbocycles. The molecule has 0 aliphatic rings. The maximum absolute atomic E-state index is 11.6. The molecule has 1 rings (SSSR count). The fraction of sp³-hybridized carbons (Fsp3) is 0.600. The summed E-state index contributed by atoms with van der Waals surface area (Å²) in [5.74, 6) is 0.212.